The summed E-state index contributed by atoms with van der Waals surface area (Å²) in [5.41, 5.74) is 0. The van der Waals surface area contributed by atoms with Crippen molar-refractivity contribution in [2.75, 3.05) is 52.7 Å². The number of aliphatic hydroxyl groups is 2. The van der Waals surface area contributed by atoms with Crippen molar-refractivity contribution in [1.82, 2.24) is 39.4 Å². The van der Waals surface area contributed by atoms with Gasteiger partial charge in [-0.1, -0.05) is 4.98 Å². The van der Waals surface area contributed by atoms with Crippen molar-refractivity contribution in [2.24, 2.45) is 0 Å². The third-order valence-corrected chi connectivity index (χ3v) is 5.94. The predicted octanol–water partition coefficient (Wildman–Crippen LogP) is -1.97. The van der Waals surface area contributed by atoms with Gasteiger partial charge in [0.15, 0.2) is 0 Å². The number of rotatable bonds is 12. The van der Waals surface area contributed by atoms with Gasteiger partial charge < -0.3 is 39.9 Å². The minimum absolute atomic E-state index is 0.0721. The van der Waals surface area contributed by atoms with Crippen LogP contribution in [0.2, 0.25) is 0 Å². The SMILES string of the molecule is O=[N+]([O-])c1nccn1CC(O)CN1C=CN(CN2C=CN(CC(O)CN3CCNC3[N+](=O)[O-])C2)C1. The molecule has 3 N–H and O–H groups in total. The molecule has 4 heterocycles. The van der Waals surface area contributed by atoms with E-state index >= 15 is 0 Å². The quantitative estimate of drug-likeness (QED) is 0.216. The average Bonchev–Trinajstić information content (AvgIpc) is 3.57. The molecule has 0 bridgehead atoms. The minimum Gasteiger partial charge on any atom is -0.390 e. The molecule has 0 amide bonds. The molecule has 3 aliphatic heterocycles. The third kappa shape index (κ3) is 6.36. The predicted molar refractivity (Wildman–Crippen MR) is 121 cm³/mol. The van der Waals surface area contributed by atoms with Crippen molar-refractivity contribution >= 4 is 5.95 Å². The maximum absolute atomic E-state index is 11.1. The summed E-state index contributed by atoms with van der Waals surface area (Å²) >= 11 is 0. The highest BCUT2D eigenvalue weighted by molar-refractivity contribution is 5.07. The Morgan fingerprint density at radius 3 is 2.17 bits per heavy atom. The summed E-state index contributed by atoms with van der Waals surface area (Å²) in [5.74, 6) is -0.298. The number of nitrogens with one attached hydrogen (secondary N) is 1. The van der Waals surface area contributed by atoms with E-state index < -0.39 is 23.4 Å². The van der Waals surface area contributed by atoms with E-state index in [2.05, 4.69) is 15.2 Å². The van der Waals surface area contributed by atoms with E-state index in [0.717, 1.165) is 0 Å². The lowest BCUT2D eigenvalue weighted by Gasteiger charge is -2.29. The fourth-order valence-electron chi connectivity index (χ4n) is 4.44. The van der Waals surface area contributed by atoms with Gasteiger partial charge in [0.25, 0.3) is 0 Å². The lowest BCUT2D eigenvalue weighted by Crippen LogP contribution is -2.47. The summed E-state index contributed by atoms with van der Waals surface area (Å²) in [7, 11) is 0. The maximum Gasteiger partial charge on any atom is 0.434 e. The van der Waals surface area contributed by atoms with Gasteiger partial charge in [-0.15, -0.1) is 0 Å². The molecule has 1 fully saturated rings. The Labute approximate surface area is 201 Å². The minimum atomic E-state index is -0.950. The highest BCUT2D eigenvalue weighted by Gasteiger charge is 2.34. The maximum atomic E-state index is 11.1. The molecule has 1 aromatic heterocycles. The van der Waals surface area contributed by atoms with E-state index in [1.54, 1.807) is 4.90 Å². The van der Waals surface area contributed by atoms with Crippen LogP contribution in [0, 0.1) is 20.2 Å². The second kappa shape index (κ2) is 10.9. The van der Waals surface area contributed by atoms with Crippen LogP contribution in [-0.2, 0) is 6.54 Å². The van der Waals surface area contributed by atoms with Crippen LogP contribution in [0.25, 0.3) is 0 Å². The smallest absolute Gasteiger partial charge is 0.390 e. The van der Waals surface area contributed by atoms with Crippen molar-refractivity contribution in [3.63, 3.8) is 0 Å². The highest BCUT2D eigenvalue weighted by Crippen LogP contribution is 2.15. The molecule has 0 spiro atoms. The molecule has 16 nitrogen and oxygen atoms in total. The van der Waals surface area contributed by atoms with E-state index in [0.29, 0.717) is 46.2 Å². The molecule has 0 radical (unpaired) electrons. The number of aliphatic hydroxyl groups excluding tert-OH is 2. The summed E-state index contributed by atoms with van der Waals surface area (Å²) < 4.78 is 1.32. The Morgan fingerprint density at radius 1 is 0.971 bits per heavy atom. The number of imidazole rings is 1. The summed E-state index contributed by atoms with van der Waals surface area (Å²) in [6, 6.07) is 0. The Hall–Kier alpha value is -3.47. The van der Waals surface area contributed by atoms with Gasteiger partial charge in [0.2, 0.25) is 0 Å². The summed E-state index contributed by atoms with van der Waals surface area (Å²) in [6.07, 6.45) is 7.91. The molecule has 192 valence electrons. The van der Waals surface area contributed by atoms with E-state index in [4.69, 9.17) is 0 Å². The van der Waals surface area contributed by atoms with Crippen molar-refractivity contribution < 1.29 is 20.1 Å². The van der Waals surface area contributed by atoms with Crippen LogP contribution < -0.4 is 5.32 Å². The standard InChI is InChI=1S/C19H30N10O6/c30-16(11-26-3-1-20-18(26)28(32)33)9-22-5-7-24(13-22)15-25-8-6-23(14-25)10-17(31)12-27-4-2-21-19(27)29(34)35/h1,3,5-8,16-17,19,21,30-31H,2,4,9-15H2. The molecule has 35 heavy (non-hydrogen) atoms. The number of nitro groups is 2. The summed E-state index contributed by atoms with van der Waals surface area (Å²) in [6.45, 7) is 3.74. The molecule has 4 rings (SSSR count). The first kappa shape index (κ1) is 24.6. The zero-order chi connectivity index (χ0) is 24.9. The highest BCUT2D eigenvalue weighted by atomic mass is 16.6. The van der Waals surface area contributed by atoms with Gasteiger partial charge in [0.1, 0.15) is 18.5 Å². The van der Waals surface area contributed by atoms with Gasteiger partial charge in [-0.3, -0.25) is 10.1 Å². The van der Waals surface area contributed by atoms with Crippen molar-refractivity contribution in [1.29, 1.82) is 0 Å². The van der Waals surface area contributed by atoms with E-state index in [1.165, 1.54) is 17.0 Å². The molecule has 0 saturated carbocycles. The second-order valence-corrected chi connectivity index (χ2v) is 8.79. The summed E-state index contributed by atoms with van der Waals surface area (Å²) in [5, 5.41) is 45.6. The topological polar surface area (TPSA) is 173 Å². The van der Waals surface area contributed by atoms with E-state index in [1.807, 2.05) is 39.5 Å². The monoisotopic (exact) mass is 494 g/mol. The van der Waals surface area contributed by atoms with Crippen LogP contribution in [-0.4, -0.2) is 125 Å². The number of hydrogen-bond acceptors (Lipinski definition) is 13. The van der Waals surface area contributed by atoms with Gasteiger partial charge in [-0.2, -0.15) is 0 Å². The Bertz CT molecular complexity index is 956. The van der Waals surface area contributed by atoms with Crippen molar-refractivity contribution in [3.05, 3.63) is 57.4 Å². The number of aromatic nitrogens is 2. The van der Waals surface area contributed by atoms with Crippen LogP contribution in [0.5, 0.6) is 0 Å². The Morgan fingerprint density at radius 2 is 1.57 bits per heavy atom. The number of nitrogens with zero attached hydrogens (tertiary/aromatic N) is 9. The van der Waals surface area contributed by atoms with Gasteiger partial charge >= 0.3 is 12.2 Å². The van der Waals surface area contributed by atoms with Gasteiger partial charge in [0.05, 0.1) is 37.6 Å². The lowest BCUT2D eigenvalue weighted by atomic mass is 10.3. The molecule has 1 aromatic rings. The van der Waals surface area contributed by atoms with Crippen LogP contribution in [0.1, 0.15) is 0 Å². The molecule has 3 atom stereocenters. The fraction of sp³-hybridized carbons (Fsp3) is 0.632. The average molecular weight is 495 g/mol. The molecular weight excluding hydrogens is 464 g/mol. The van der Waals surface area contributed by atoms with Crippen LogP contribution >= 0.6 is 0 Å². The van der Waals surface area contributed by atoms with Gasteiger partial charge in [-0.25, -0.2) is 14.8 Å². The molecule has 16 heteroatoms. The molecule has 3 aliphatic rings. The van der Waals surface area contributed by atoms with E-state index in [-0.39, 0.29) is 24.0 Å². The lowest BCUT2D eigenvalue weighted by molar-refractivity contribution is -0.552. The molecule has 0 aliphatic carbocycles. The number of β-amino-alcohol motifs (C(OH)–C–C–N with tert-alkyl or cyclic N) is 2. The first-order valence-corrected chi connectivity index (χ1v) is 11.2. The zero-order valence-electron chi connectivity index (χ0n) is 19.1. The largest absolute Gasteiger partial charge is 0.434 e. The van der Waals surface area contributed by atoms with Crippen molar-refractivity contribution in [3.8, 4) is 0 Å². The van der Waals surface area contributed by atoms with Gasteiger partial charge in [-0.05, 0) is 4.92 Å². The molecule has 3 unspecified atom stereocenters. The van der Waals surface area contributed by atoms with Crippen molar-refractivity contribution in [2.45, 2.75) is 25.0 Å². The van der Waals surface area contributed by atoms with Gasteiger partial charge in [0, 0.05) is 57.5 Å². The second-order valence-electron chi connectivity index (χ2n) is 8.79. The first-order chi connectivity index (χ1) is 16.8. The normalized spacial score (nSPS) is 21.9. The fourth-order valence-corrected chi connectivity index (χ4v) is 4.44. The third-order valence-electron chi connectivity index (χ3n) is 5.94. The van der Waals surface area contributed by atoms with Crippen LogP contribution in [0.15, 0.2) is 37.2 Å². The van der Waals surface area contributed by atoms with E-state index in [9.17, 15) is 30.4 Å². The van der Waals surface area contributed by atoms with Crippen LogP contribution in [0.4, 0.5) is 5.95 Å². The zero-order valence-corrected chi connectivity index (χ0v) is 19.1. The molecular formula is C19H30N10O6. The Balaban J connectivity index is 1.15. The molecule has 1 saturated heterocycles. The first-order valence-electron chi connectivity index (χ1n) is 11.2. The Kier molecular flexibility index (Phi) is 7.64. The summed E-state index contributed by atoms with van der Waals surface area (Å²) in [4.78, 5) is 34.4. The number of hydrogen-bond donors (Lipinski definition) is 3. The molecule has 0 aromatic carbocycles. The van der Waals surface area contributed by atoms with Crippen LogP contribution in [0.3, 0.4) is 0 Å².